The average molecular weight is 354 g/mol. The summed E-state index contributed by atoms with van der Waals surface area (Å²) in [5, 5.41) is 8.68. The fourth-order valence-electron chi connectivity index (χ4n) is 2.86. The van der Waals surface area contributed by atoms with Crippen LogP contribution in [0.1, 0.15) is 37.7 Å². The molecule has 0 saturated heterocycles. The molecule has 1 aliphatic rings. The number of hydrogen-bond acceptors (Lipinski definition) is 2. The van der Waals surface area contributed by atoms with Gasteiger partial charge in [-0.15, -0.1) is 0 Å². The largest absolute Gasteiger partial charge is 0.481 e. The lowest BCUT2D eigenvalue weighted by Crippen LogP contribution is -2.50. The molecule has 1 aliphatic carbocycles. The van der Waals surface area contributed by atoms with Crippen LogP contribution in [0, 0.1) is 0 Å². The van der Waals surface area contributed by atoms with E-state index in [2.05, 4.69) is 15.9 Å². The molecule has 0 radical (unpaired) electrons. The monoisotopic (exact) mass is 353 g/mol. The minimum absolute atomic E-state index is 0.100. The van der Waals surface area contributed by atoms with Gasteiger partial charge in [0, 0.05) is 24.5 Å². The first-order valence-electron chi connectivity index (χ1n) is 7.19. The van der Waals surface area contributed by atoms with Crippen LogP contribution >= 0.6 is 15.9 Å². The van der Waals surface area contributed by atoms with Gasteiger partial charge >= 0.3 is 5.97 Å². The van der Waals surface area contributed by atoms with Crippen LogP contribution < -0.4 is 0 Å². The van der Waals surface area contributed by atoms with Crippen molar-refractivity contribution in [1.29, 1.82) is 0 Å². The molecule has 1 aromatic rings. The zero-order valence-electron chi connectivity index (χ0n) is 12.1. The zero-order valence-corrected chi connectivity index (χ0v) is 13.7. The molecule has 0 spiro atoms. The average Bonchev–Trinajstić information content (AvgIpc) is 2.39. The second-order valence-electron chi connectivity index (χ2n) is 5.67. The molecule has 0 heterocycles. The van der Waals surface area contributed by atoms with Gasteiger partial charge in [0.2, 0.25) is 5.91 Å². The van der Waals surface area contributed by atoms with Crippen LogP contribution in [0.4, 0.5) is 0 Å². The third kappa shape index (κ3) is 3.46. The van der Waals surface area contributed by atoms with Gasteiger partial charge in [-0.05, 0) is 37.0 Å². The number of rotatable bonds is 6. The highest BCUT2D eigenvalue weighted by Gasteiger charge is 2.46. The highest BCUT2D eigenvalue weighted by Crippen LogP contribution is 2.45. The summed E-state index contributed by atoms with van der Waals surface area (Å²) in [5.41, 5.74) is 0.658. The number of hydrogen-bond donors (Lipinski definition) is 1. The molecule has 4 nitrogen and oxygen atoms in total. The molecule has 0 aliphatic heterocycles. The predicted octanol–water partition coefficient (Wildman–Crippen LogP) is 3.19. The molecule has 2 rings (SSSR count). The lowest BCUT2D eigenvalue weighted by Gasteiger charge is -2.43. The van der Waals surface area contributed by atoms with Crippen LogP contribution in [0.15, 0.2) is 28.7 Å². The van der Waals surface area contributed by atoms with E-state index in [-0.39, 0.29) is 12.3 Å². The fourth-order valence-corrected chi connectivity index (χ4v) is 3.12. The van der Waals surface area contributed by atoms with Crippen LogP contribution in [0.5, 0.6) is 0 Å². The van der Waals surface area contributed by atoms with Crippen LogP contribution in [0.25, 0.3) is 0 Å². The number of halogens is 1. The van der Waals surface area contributed by atoms with E-state index in [1.54, 1.807) is 11.9 Å². The second kappa shape index (κ2) is 6.60. The molecule has 1 amide bonds. The Bertz CT molecular complexity index is 523. The van der Waals surface area contributed by atoms with Gasteiger partial charge in [0.05, 0.1) is 5.41 Å². The lowest BCUT2D eigenvalue weighted by molar-refractivity contribution is -0.141. The van der Waals surface area contributed by atoms with Crippen molar-refractivity contribution in [1.82, 2.24) is 4.90 Å². The van der Waals surface area contributed by atoms with E-state index in [0.29, 0.717) is 13.0 Å². The Morgan fingerprint density at radius 2 is 1.90 bits per heavy atom. The number of likely N-dealkylation sites (N-methyl/N-ethyl adjacent to an activating group) is 1. The minimum Gasteiger partial charge on any atom is -0.481 e. The smallest absolute Gasteiger partial charge is 0.303 e. The van der Waals surface area contributed by atoms with Gasteiger partial charge in [0.15, 0.2) is 0 Å². The van der Waals surface area contributed by atoms with Crippen molar-refractivity contribution < 1.29 is 14.7 Å². The van der Waals surface area contributed by atoms with E-state index in [0.717, 1.165) is 29.3 Å². The van der Waals surface area contributed by atoms with Gasteiger partial charge in [0.25, 0.3) is 0 Å². The van der Waals surface area contributed by atoms with Crippen molar-refractivity contribution in [2.75, 3.05) is 13.6 Å². The van der Waals surface area contributed by atoms with Gasteiger partial charge < -0.3 is 10.0 Å². The van der Waals surface area contributed by atoms with E-state index < -0.39 is 11.4 Å². The van der Waals surface area contributed by atoms with Gasteiger partial charge in [-0.2, -0.15) is 0 Å². The molecular formula is C16H20BrNO3. The molecule has 5 heteroatoms. The van der Waals surface area contributed by atoms with Crippen LogP contribution in [0.3, 0.4) is 0 Å². The van der Waals surface area contributed by atoms with Crippen LogP contribution in [-0.2, 0) is 15.0 Å². The quantitative estimate of drug-likeness (QED) is 0.854. The Kier molecular flexibility index (Phi) is 5.04. The molecule has 0 bridgehead atoms. The Morgan fingerprint density at radius 3 is 2.38 bits per heavy atom. The van der Waals surface area contributed by atoms with Crippen molar-refractivity contribution in [2.24, 2.45) is 0 Å². The maximum atomic E-state index is 12.8. The summed E-state index contributed by atoms with van der Waals surface area (Å²) >= 11 is 3.41. The van der Waals surface area contributed by atoms with E-state index >= 15 is 0 Å². The first kappa shape index (κ1) is 16.0. The molecule has 1 fully saturated rings. The standard InChI is InChI=1S/C16H20BrNO3/c1-18(11-2-4-14(19)20)15(21)16(9-3-10-16)12-5-7-13(17)8-6-12/h5-8H,2-4,9-11H2,1H3,(H,19,20). The molecule has 0 unspecified atom stereocenters. The molecule has 0 aromatic heterocycles. The van der Waals surface area contributed by atoms with E-state index in [4.69, 9.17) is 5.11 Å². The number of amides is 1. The van der Waals surface area contributed by atoms with Crippen molar-refractivity contribution in [2.45, 2.75) is 37.5 Å². The third-order valence-electron chi connectivity index (χ3n) is 4.24. The van der Waals surface area contributed by atoms with E-state index in [1.165, 1.54) is 0 Å². The predicted molar refractivity (Wildman–Crippen MR) is 84.2 cm³/mol. The van der Waals surface area contributed by atoms with E-state index in [9.17, 15) is 9.59 Å². The molecule has 0 atom stereocenters. The summed E-state index contributed by atoms with van der Waals surface area (Å²) in [6, 6.07) is 7.94. The van der Waals surface area contributed by atoms with Crippen LogP contribution in [0.2, 0.25) is 0 Å². The summed E-state index contributed by atoms with van der Waals surface area (Å²) in [6.07, 6.45) is 3.40. The van der Waals surface area contributed by atoms with Crippen molar-refractivity contribution in [3.05, 3.63) is 34.3 Å². The summed E-state index contributed by atoms with van der Waals surface area (Å²) in [4.78, 5) is 25.0. The van der Waals surface area contributed by atoms with Crippen molar-refractivity contribution in [3.8, 4) is 0 Å². The lowest BCUT2D eigenvalue weighted by atomic mass is 9.63. The topological polar surface area (TPSA) is 57.6 Å². The van der Waals surface area contributed by atoms with Gasteiger partial charge in [-0.3, -0.25) is 9.59 Å². The zero-order chi connectivity index (χ0) is 15.5. The first-order chi connectivity index (χ1) is 9.95. The highest BCUT2D eigenvalue weighted by molar-refractivity contribution is 9.10. The third-order valence-corrected chi connectivity index (χ3v) is 4.77. The fraction of sp³-hybridized carbons (Fsp3) is 0.500. The number of carboxylic acids is 1. The van der Waals surface area contributed by atoms with Crippen molar-refractivity contribution in [3.63, 3.8) is 0 Å². The normalized spacial score (nSPS) is 16.1. The SMILES string of the molecule is CN(CCCC(=O)O)C(=O)C1(c2ccc(Br)cc2)CCC1. The Morgan fingerprint density at radius 1 is 1.29 bits per heavy atom. The number of carboxylic acid groups (broad SMARTS) is 1. The highest BCUT2D eigenvalue weighted by atomic mass is 79.9. The number of carbonyl (C=O) groups excluding carboxylic acids is 1. The minimum atomic E-state index is -0.817. The molecule has 1 saturated carbocycles. The summed E-state index contributed by atoms with van der Waals surface area (Å²) in [7, 11) is 1.77. The van der Waals surface area contributed by atoms with Gasteiger partial charge in [-0.25, -0.2) is 0 Å². The maximum Gasteiger partial charge on any atom is 0.303 e. The van der Waals surface area contributed by atoms with Crippen molar-refractivity contribution >= 4 is 27.8 Å². The number of carbonyl (C=O) groups is 2. The Hall–Kier alpha value is -1.36. The number of benzene rings is 1. The maximum absolute atomic E-state index is 12.8. The molecule has 1 aromatic carbocycles. The van der Waals surface area contributed by atoms with Gasteiger partial charge in [-0.1, -0.05) is 34.5 Å². The summed E-state index contributed by atoms with van der Waals surface area (Å²) in [6.45, 7) is 0.489. The molecule has 21 heavy (non-hydrogen) atoms. The first-order valence-corrected chi connectivity index (χ1v) is 7.98. The number of nitrogens with zero attached hydrogens (tertiary/aromatic N) is 1. The summed E-state index contributed by atoms with van der Waals surface area (Å²) in [5.74, 6) is -0.705. The second-order valence-corrected chi connectivity index (χ2v) is 6.58. The van der Waals surface area contributed by atoms with Crippen LogP contribution in [-0.4, -0.2) is 35.5 Å². The molecular weight excluding hydrogens is 334 g/mol. The van der Waals surface area contributed by atoms with E-state index in [1.807, 2.05) is 24.3 Å². The molecule has 1 N–H and O–H groups in total. The summed E-state index contributed by atoms with van der Waals surface area (Å²) < 4.78 is 1.00. The Labute approximate surface area is 133 Å². The molecule has 114 valence electrons. The Balaban J connectivity index is 2.07. The number of aliphatic carboxylic acids is 1. The van der Waals surface area contributed by atoms with Gasteiger partial charge in [0.1, 0.15) is 0 Å².